The predicted octanol–water partition coefficient (Wildman–Crippen LogP) is 3.34. The van der Waals surface area contributed by atoms with E-state index in [0.29, 0.717) is 11.3 Å². The molecule has 1 N–H and O–H groups in total. The second kappa shape index (κ2) is 7.11. The molecular weight excluding hydrogens is 348 g/mol. The summed E-state index contributed by atoms with van der Waals surface area (Å²) in [7, 11) is -3.78. The lowest BCUT2D eigenvalue weighted by Gasteiger charge is -2.32. The van der Waals surface area contributed by atoms with Gasteiger partial charge in [0.15, 0.2) is 0 Å². The van der Waals surface area contributed by atoms with E-state index in [1.54, 1.807) is 18.2 Å². The van der Waals surface area contributed by atoms with Crippen molar-refractivity contribution in [3.63, 3.8) is 0 Å². The molecule has 6 heteroatoms. The molecule has 0 aliphatic carbocycles. The Hall–Kier alpha value is -2.34. The highest BCUT2D eigenvalue weighted by molar-refractivity contribution is 7.93. The molecule has 5 nitrogen and oxygen atoms in total. The van der Waals surface area contributed by atoms with E-state index in [2.05, 4.69) is 12.2 Å². The zero-order valence-electron chi connectivity index (χ0n) is 15.3. The van der Waals surface area contributed by atoms with Crippen LogP contribution in [-0.4, -0.2) is 26.9 Å². The van der Waals surface area contributed by atoms with E-state index in [0.717, 1.165) is 24.0 Å². The molecule has 0 spiro atoms. The zero-order chi connectivity index (χ0) is 18.9. The second-order valence-electron chi connectivity index (χ2n) is 6.59. The summed E-state index contributed by atoms with van der Waals surface area (Å²) in [6.45, 7) is 5.71. The molecule has 3 rings (SSSR count). The van der Waals surface area contributed by atoms with Crippen LogP contribution in [0.25, 0.3) is 11.1 Å². The molecule has 1 atom stereocenters. The first kappa shape index (κ1) is 18.5. The van der Waals surface area contributed by atoms with Crippen LogP contribution in [0.15, 0.2) is 47.4 Å². The molecule has 0 radical (unpaired) electrons. The standard InChI is InChI=1S/C20H24N2O3S/c1-4-14(3)21-20(23)13-22-18-11-10-15(5-2)12-17(18)16-8-6-7-9-19(16)26(22,24)25/h6-12,14H,4-5,13H2,1-3H3,(H,21,23). The predicted molar refractivity (Wildman–Crippen MR) is 104 cm³/mol. The summed E-state index contributed by atoms with van der Waals surface area (Å²) in [6.07, 6.45) is 1.65. The third-order valence-corrected chi connectivity index (χ3v) is 6.61. The molecule has 2 aromatic carbocycles. The van der Waals surface area contributed by atoms with Crippen LogP contribution in [0, 0.1) is 0 Å². The van der Waals surface area contributed by atoms with Gasteiger partial charge in [0.25, 0.3) is 10.0 Å². The molecule has 0 aromatic heterocycles. The van der Waals surface area contributed by atoms with E-state index in [-0.39, 0.29) is 23.4 Å². The minimum Gasteiger partial charge on any atom is -0.352 e. The first-order chi connectivity index (χ1) is 12.4. The van der Waals surface area contributed by atoms with Crippen molar-refractivity contribution >= 4 is 21.6 Å². The summed E-state index contributed by atoms with van der Waals surface area (Å²) >= 11 is 0. The molecule has 1 amide bonds. The number of nitrogens with one attached hydrogen (secondary N) is 1. The van der Waals surface area contributed by atoms with Gasteiger partial charge in [-0.2, -0.15) is 0 Å². The smallest absolute Gasteiger partial charge is 0.265 e. The molecule has 0 saturated heterocycles. The lowest BCUT2D eigenvalue weighted by Crippen LogP contribution is -2.44. The summed E-state index contributed by atoms with van der Waals surface area (Å²) in [4.78, 5) is 12.6. The minimum absolute atomic E-state index is 0.00391. The van der Waals surface area contributed by atoms with E-state index in [4.69, 9.17) is 0 Å². The van der Waals surface area contributed by atoms with Crippen LogP contribution in [0.5, 0.6) is 0 Å². The number of nitrogens with zero attached hydrogens (tertiary/aromatic N) is 1. The highest BCUT2D eigenvalue weighted by atomic mass is 32.2. The van der Waals surface area contributed by atoms with Crippen LogP contribution in [-0.2, 0) is 21.2 Å². The Morgan fingerprint density at radius 2 is 1.85 bits per heavy atom. The Morgan fingerprint density at radius 3 is 2.54 bits per heavy atom. The van der Waals surface area contributed by atoms with Gasteiger partial charge in [0.05, 0.1) is 10.6 Å². The number of rotatable bonds is 5. The number of fused-ring (bicyclic) bond motifs is 3. The molecule has 0 fully saturated rings. The van der Waals surface area contributed by atoms with Gasteiger partial charge >= 0.3 is 0 Å². The summed E-state index contributed by atoms with van der Waals surface area (Å²) in [5.74, 6) is -0.298. The fraction of sp³-hybridized carbons (Fsp3) is 0.350. The highest BCUT2D eigenvalue weighted by Crippen LogP contribution is 2.43. The number of anilines is 1. The van der Waals surface area contributed by atoms with Crippen molar-refractivity contribution in [3.05, 3.63) is 48.0 Å². The molecule has 2 aromatic rings. The Bertz CT molecular complexity index is 938. The van der Waals surface area contributed by atoms with Crippen molar-refractivity contribution in [2.75, 3.05) is 10.8 Å². The number of carbonyl (C=O) groups excluding carboxylic acids is 1. The largest absolute Gasteiger partial charge is 0.352 e. The normalized spacial score (nSPS) is 15.7. The maximum absolute atomic E-state index is 13.2. The summed E-state index contributed by atoms with van der Waals surface area (Å²) in [6, 6.07) is 12.7. The lowest BCUT2D eigenvalue weighted by atomic mass is 9.99. The molecule has 1 aliphatic heterocycles. The molecule has 1 unspecified atom stereocenters. The quantitative estimate of drug-likeness (QED) is 0.875. The van der Waals surface area contributed by atoms with E-state index in [1.165, 1.54) is 4.31 Å². The highest BCUT2D eigenvalue weighted by Gasteiger charge is 2.35. The second-order valence-corrected chi connectivity index (χ2v) is 8.42. The van der Waals surface area contributed by atoms with Crippen molar-refractivity contribution in [3.8, 4) is 11.1 Å². The van der Waals surface area contributed by atoms with Crippen molar-refractivity contribution < 1.29 is 13.2 Å². The van der Waals surface area contributed by atoms with E-state index in [1.807, 2.05) is 38.1 Å². The number of hydrogen-bond acceptors (Lipinski definition) is 3. The van der Waals surface area contributed by atoms with Gasteiger partial charge in [-0.05, 0) is 43.5 Å². The Labute approximate surface area is 155 Å². The SMILES string of the molecule is CCc1ccc2c(c1)-c1ccccc1S(=O)(=O)N2CC(=O)NC(C)CC. The Morgan fingerprint density at radius 1 is 1.12 bits per heavy atom. The van der Waals surface area contributed by atoms with Gasteiger partial charge in [-0.1, -0.05) is 38.1 Å². The molecule has 0 bridgehead atoms. The fourth-order valence-electron chi connectivity index (χ4n) is 3.12. The third kappa shape index (κ3) is 3.21. The van der Waals surface area contributed by atoms with Crippen molar-refractivity contribution in [1.82, 2.24) is 5.32 Å². The van der Waals surface area contributed by atoms with Crippen LogP contribution >= 0.6 is 0 Å². The number of benzene rings is 2. The van der Waals surface area contributed by atoms with Gasteiger partial charge in [-0.25, -0.2) is 8.42 Å². The monoisotopic (exact) mass is 372 g/mol. The molecule has 0 saturated carbocycles. The first-order valence-corrected chi connectivity index (χ1v) is 10.4. The van der Waals surface area contributed by atoms with Gasteiger partial charge in [0.1, 0.15) is 6.54 Å². The van der Waals surface area contributed by atoms with Crippen LogP contribution in [0.1, 0.15) is 32.8 Å². The number of sulfonamides is 1. The topological polar surface area (TPSA) is 66.5 Å². The first-order valence-electron chi connectivity index (χ1n) is 8.92. The number of carbonyl (C=O) groups is 1. The Kier molecular flexibility index (Phi) is 5.05. The zero-order valence-corrected chi connectivity index (χ0v) is 16.1. The number of hydrogen-bond donors (Lipinski definition) is 1. The van der Waals surface area contributed by atoms with E-state index >= 15 is 0 Å². The van der Waals surface area contributed by atoms with Crippen LogP contribution in [0.3, 0.4) is 0 Å². The van der Waals surface area contributed by atoms with Crippen LogP contribution in [0.4, 0.5) is 5.69 Å². The van der Waals surface area contributed by atoms with Crippen molar-refractivity contribution in [1.29, 1.82) is 0 Å². The van der Waals surface area contributed by atoms with E-state index in [9.17, 15) is 13.2 Å². The van der Waals surface area contributed by atoms with Crippen LogP contribution < -0.4 is 9.62 Å². The molecule has 26 heavy (non-hydrogen) atoms. The van der Waals surface area contributed by atoms with Crippen molar-refractivity contribution in [2.24, 2.45) is 0 Å². The maximum Gasteiger partial charge on any atom is 0.265 e. The molecule has 1 aliphatic rings. The van der Waals surface area contributed by atoms with Gasteiger partial charge in [-0.3, -0.25) is 9.10 Å². The summed E-state index contributed by atoms with van der Waals surface area (Å²) in [5, 5.41) is 2.85. The maximum atomic E-state index is 13.2. The van der Waals surface area contributed by atoms with Gasteiger partial charge < -0.3 is 5.32 Å². The van der Waals surface area contributed by atoms with Gasteiger partial charge in [-0.15, -0.1) is 0 Å². The van der Waals surface area contributed by atoms with Crippen LogP contribution in [0.2, 0.25) is 0 Å². The average molecular weight is 372 g/mol. The number of aryl methyl sites for hydroxylation is 1. The molecule has 138 valence electrons. The van der Waals surface area contributed by atoms with Gasteiger partial charge in [0.2, 0.25) is 5.91 Å². The van der Waals surface area contributed by atoms with Crippen molar-refractivity contribution in [2.45, 2.75) is 44.6 Å². The number of amides is 1. The molecular formula is C20H24N2O3S. The minimum atomic E-state index is -3.78. The Balaban J connectivity index is 2.10. The lowest BCUT2D eigenvalue weighted by molar-refractivity contribution is -0.120. The van der Waals surface area contributed by atoms with E-state index < -0.39 is 10.0 Å². The fourth-order valence-corrected chi connectivity index (χ4v) is 4.77. The third-order valence-electron chi connectivity index (χ3n) is 4.79. The average Bonchev–Trinajstić information content (AvgIpc) is 2.64. The van der Waals surface area contributed by atoms with Gasteiger partial charge in [0, 0.05) is 17.2 Å². The summed E-state index contributed by atoms with van der Waals surface area (Å²) in [5.41, 5.74) is 3.23. The summed E-state index contributed by atoms with van der Waals surface area (Å²) < 4.78 is 27.5. The molecule has 1 heterocycles.